The number of fused-ring (bicyclic) bond motifs is 2. The van der Waals surface area contributed by atoms with Gasteiger partial charge >= 0.3 is 0 Å². The van der Waals surface area contributed by atoms with Gasteiger partial charge in [0, 0.05) is 17.5 Å². The molecule has 3 aromatic rings. The van der Waals surface area contributed by atoms with Crippen molar-refractivity contribution in [1.29, 1.82) is 0 Å². The first-order valence-corrected chi connectivity index (χ1v) is 7.87. The van der Waals surface area contributed by atoms with Crippen molar-refractivity contribution >= 4 is 22.6 Å². The van der Waals surface area contributed by atoms with Gasteiger partial charge in [0.2, 0.25) is 5.91 Å². The standard InChI is InChI=1S/C19H17N3O2/c20-19(23)15-11-18(21-16-7-3-2-6-14(15)16)22-9-10-24-17-8-4-1-5-13(17)12-22/h1-8,11H,9-10,12H2,(H2,20,23). The van der Waals surface area contributed by atoms with Gasteiger partial charge in [0.1, 0.15) is 18.2 Å². The Morgan fingerprint density at radius 2 is 1.92 bits per heavy atom. The Kier molecular flexibility index (Phi) is 3.54. The second-order valence-corrected chi connectivity index (χ2v) is 5.79. The summed E-state index contributed by atoms with van der Waals surface area (Å²) in [4.78, 5) is 18.7. The van der Waals surface area contributed by atoms with E-state index in [4.69, 9.17) is 15.5 Å². The topological polar surface area (TPSA) is 68.5 Å². The van der Waals surface area contributed by atoms with Gasteiger partial charge in [-0.1, -0.05) is 36.4 Å². The third-order valence-corrected chi connectivity index (χ3v) is 4.24. The number of hydrogen-bond acceptors (Lipinski definition) is 4. The van der Waals surface area contributed by atoms with E-state index in [1.807, 2.05) is 48.5 Å². The SMILES string of the molecule is NC(=O)c1cc(N2CCOc3ccccc3C2)nc2ccccc12. The van der Waals surface area contributed by atoms with Gasteiger partial charge in [0.25, 0.3) is 0 Å². The minimum atomic E-state index is -0.443. The summed E-state index contributed by atoms with van der Waals surface area (Å²) in [6.07, 6.45) is 0. The van der Waals surface area contributed by atoms with Crippen LogP contribution in [0, 0.1) is 0 Å². The van der Waals surface area contributed by atoms with E-state index in [9.17, 15) is 4.79 Å². The maximum atomic E-state index is 11.9. The third kappa shape index (κ3) is 2.54. The molecular weight excluding hydrogens is 302 g/mol. The molecule has 2 N–H and O–H groups in total. The Hall–Kier alpha value is -3.08. The van der Waals surface area contributed by atoms with Crippen LogP contribution in [0.2, 0.25) is 0 Å². The van der Waals surface area contributed by atoms with Gasteiger partial charge in [-0.25, -0.2) is 4.98 Å². The van der Waals surface area contributed by atoms with Gasteiger partial charge in [0.05, 0.1) is 17.6 Å². The number of carbonyl (C=O) groups is 1. The van der Waals surface area contributed by atoms with Crippen molar-refractivity contribution in [2.24, 2.45) is 5.73 Å². The third-order valence-electron chi connectivity index (χ3n) is 4.24. The molecule has 120 valence electrons. The van der Waals surface area contributed by atoms with Crippen LogP contribution in [0.15, 0.2) is 54.6 Å². The van der Waals surface area contributed by atoms with E-state index < -0.39 is 5.91 Å². The Balaban J connectivity index is 1.80. The molecule has 0 aliphatic carbocycles. The fourth-order valence-corrected chi connectivity index (χ4v) is 3.05. The molecule has 2 heterocycles. The van der Waals surface area contributed by atoms with Crippen LogP contribution in [-0.2, 0) is 6.54 Å². The number of benzene rings is 2. The zero-order chi connectivity index (χ0) is 16.5. The van der Waals surface area contributed by atoms with Crippen molar-refractivity contribution in [3.8, 4) is 5.75 Å². The van der Waals surface area contributed by atoms with Crippen LogP contribution in [0.1, 0.15) is 15.9 Å². The number of carbonyl (C=O) groups excluding carboxylic acids is 1. The number of para-hydroxylation sites is 2. The van der Waals surface area contributed by atoms with E-state index in [0.717, 1.165) is 28.0 Å². The normalized spacial score (nSPS) is 13.9. The number of nitrogens with zero attached hydrogens (tertiary/aromatic N) is 2. The van der Waals surface area contributed by atoms with E-state index in [2.05, 4.69) is 4.90 Å². The molecule has 0 saturated carbocycles. The minimum Gasteiger partial charge on any atom is -0.491 e. The largest absolute Gasteiger partial charge is 0.491 e. The highest BCUT2D eigenvalue weighted by molar-refractivity contribution is 6.06. The van der Waals surface area contributed by atoms with E-state index in [1.54, 1.807) is 6.07 Å². The molecule has 5 nitrogen and oxygen atoms in total. The van der Waals surface area contributed by atoms with Crippen molar-refractivity contribution in [3.63, 3.8) is 0 Å². The number of ether oxygens (including phenoxy) is 1. The number of amides is 1. The van der Waals surface area contributed by atoms with Gasteiger partial charge in [-0.15, -0.1) is 0 Å². The van der Waals surface area contributed by atoms with Crippen LogP contribution in [0.5, 0.6) is 5.75 Å². The van der Waals surface area contributed by atoms with Crippen LogP contribution < -0.4 is 15.4 Å². The maximum absolute atomic E-state index is 11.9. The quantitative estimate of drug-likeness (QED) is 0.788. The van der Waals surface area contributed by atoms with E-state index >= 15 is 0 Å². The zero-order valence-electron chi connectivity index (χ0n) is 13.1. The first kappa shape index (κ1) is 14.5. The van der Waals surface area contributed by atoms with Crippen LogP contribution in [0.25, 0.3) is 10.9 Å². The van der Waals surface area contributed by atoms with E-state index in [0.29, 0.717) is 25.3 Å². The number of anilines is 1. The summed E-state index contributed by atoms with van der Waals surface area (Å²) in [5.41, 5.74) is 7.94. The van der Waals surface area contributed by atoms with Crippen molar-refractivity contribution in [2.45, 2.75) is 6.54 Å². The van der Waals surface area contributed by atoms with Crippen LogP contribution in [-0.4, -0.2) is 24.0 Å². The molecule has 0 fully saturated rings. The molecule has 0 spiro atoms. The molecule has 2 aromatic carbocycles. The lowest BCUT2D eigenvalue weighted by atomic mass is 10.1. The van der Waals surface area contributed by atoms with Crippen LogP contribution >= 0.6 is 0 Å². The predicted molar refractivity (Wildman–Crippen MR) is 93.2 cm³/mol. The molecule has 0 atom stereocenters. The number of primary amides is 1. The fraction of sp³-hybridized carbons (Fsp3) is 0.158. The lowest BCUT2D eigenvalue weighted by Gasteiger charge is -2.22. The molecule has 0 saturated heterocycles. The Labute approximate surface area is 139 Å². The van der Waals surface area contributed by atoms with Gasteiger partial charge in [-0.2, -0.15) is 0 Å². The zero-order valence-corrected chi connectivity index (χ0v) is 13.1. The number of pyridine rings is 1. The lowest BCUT2D eigenvalue weighted by Crippen LogP contribution is -2.26. The van der Waals surface area contributed by atoms with Crippen LogP contribution in [0.3, 0.4) is 0 Å². The number of nitrogens with two attached hydrogens (primary N) is 1. The summed E-state index contributed by atoms with van der Waals surface area (Å²) in [6, 6.07) is 17.3. The van der Waals surface area contributed by atoms with Crippen molar-refractivity contribution in [1.82, 2.24) is 4.98 Å². The highest BCUT2D eigenvalue weighted by Crippen LogP contribution is 2.28. The van der Waals surface area contributed by atoms with Crippen molar-refractivity contribution in [2.75, 3.05) is 18.1 Å². The molecule has 0 radical (unpaired) electrons. The lowest BCUT2D eigenvalue weighted by molar-refractivity contribution is 0.100. The Morgan fingerprint density at radius 1 is 1.12 bits per heavy atom. The Bertz CT molecular complexity index is 923. The summed E-state index contributed by atoms with van der Waals surface area (Å²) < 4.78 is 5.80. The van der Waals surface area contributed by atoms with Crippen LogP contribution in [0.4, 0.5) is 5.82 Å². The fourth-order valence-electron chi connectivity index (χ4n) is 3.05. The highest BCUT2D eigenvalue weighted by atomic mass is 16.5. The van der Waals surface area contributed by atoms with E-state index in [1.165, 1.54) is 0 Å². The maximum Gasteiger partial charge on any atom is 0.249 e. The van der Waals surface area contributed by atoms with Crippen molar-refractivity contribution < 1.29 is 9.53 Å². The number of aromatic nitrogens is 1. The van der Waals surface area contributed by atoms with E-state index in [-0.39, 0.29) is 0 Å². The smallest absolute Gasteiger partial charge is 0.249 e. The first-order chi connectivity index (χ1) is 11.7. The average Bonchev–Trinajstić information content (AvgIpc) is 2.83. The molecule has 1 aliphatic rings. The number of hydrogen-bond donors (Lipinski definition) is 1. The van der Waals surface area contributed by atoms with Crippen molar-refractivity contribution in [3.05, 3.63) is 65.7 Å². The molecule has 0 bridgehead atoms. The molecule has 0 unspecified atom stereocenters. The molecule has 5 heteroatoms. The summed E-state index contributed by atoms with van der Waals surface area (Å²) in [5.74, 6) is 1.19. The first-order valence-electron chi connectivity index (χ1n) is 7.87. The monoisotopic (exact) mass is 319 g/mol. The predicted octanol–water partition coefficient (Wildman–Crippen LogP) is 2.73. The van der Waals surface area contributed by atoms with Gasteiger partial charge < -0.3 is 15.4 Å². The summed E-state index contributed by atoms with van der Waals surface area (Å²) in [5, 5.41) is 0.778. The molecule has 1 amide bonds. The van der Waals surface area contributed by atoms with Gasteiger partial charge in [0.15, 0.2) is 0 Å². The summed E-state index contributed by atoms with van der Waals surface area (Å²) >= 11 is 0. The van der Waals surface area contributed by atoms with Gasteiger partial charge in [-0.3, -0.25) is 4.79 Å². The summed E-state index contributed by atoms with van der Waals surface area (Å²) in [6.45, 7) is 1.94. The molecular formula is C19H17N3O2. The molecule has 24 heavy (non-hydrogen) atoms. The second kappa shape index (κ2) is 5.85. The molecule has 4 rings (SSSR count). The second-order valence-electron chi connectivity index (χ2n) is 5.79. The van der Waals surface area contributed by atoms with Gasteiger partial charge in [-0.05, 0) is 18.2 Å². The minimum absolute atomic E-state index is 0.443. The Morgan fingerprint density at radius 3 is 2.79 bits per heavy atom. The average molecular weight is 319 g/mol. The molecule has 1 aromatic heterocycles. The molecule has 1 aliphatic heterocycles. The number of rotatable bonds is 2. The highest BCUT2D eigenvalue weighted by Gasteiger charge is 2.19. The summed E-state index contributed by atoms with van der Waals surface area (Å²) in [7, 11) is 0.